The highest BCUT2D eigenvalue weighted by Crippen LogP contribution is 2.20. The van der Waals surface area contributed by atoms with Crippen molar-refractivity contribution in [3.63, 3.8) is 0 Å². The van der Waals surface area contributed by atoms with Crippen LogP contribution in [-0.4, -0.2) is 24.8 Å². The first-order chi connectivity index (χ1) is 11.5. The molecule has 0 aliphatic carbocycles. The van der Waals surface area contributed by atoms with E-state index in [0.717, 1.165) is 17.7 Å². The minimum absolute atomic E-state index is 0.319. The lowest BCUT2D eigenvalue weighted by atomic mass is 10.1. The van der Waals surface area contributed by atoms with Crippen molar-refractivity contribution < 1.29 is 23.4 Å². The molecule has 128 valence electrons. The van der Waals surface area contributed by atoms with Crippen molar-refractivity contribution in [3.05, 3.63) is 65.2 Å². The first-order valence-corrected chi connectivity index (χ1v) is 7.26. The number of nitrogens with one attached hydrogen (secondary N) is 2. The van der Waals surface area contributed by atoms with E-state index in [0.29, 0.717) is 12.3 Å². The van der Waals surface area contributed by atoms with Crippen molar-refractivity contribution in [2.45, 2.75) is 12.7 Å². The van der Waals surface area contributed by atoms with Crippen LogP contribution in [0.3, 0.4) is 0 Å². The predicted molar refractivity (Wildman–Crippen MR) is 85.5 cm³/mol. The molecule has 0 aromatic heterocycles. The molecule has 0 saturated heterocycles. The summed E-state index contributed by atoms with van der Waals surface area (Å²) in [4.78, 5) is 11.9. The number of benzene rings is 2. The molecule has 0 heterocycles. The van der Waals surface area contributed by atoms with Crippen LogP contribution in [0.1, 0.15) is 17.2 Å². The number of rotatable bonds is 6. The van der Waals surface area contributed by atoms with Crippen LogP contribution in [0, 0.1) is 11.6 Å². The molecule has 24 heavy (non-hydrogen) atoms. The summed E-state index contributed by atoms with van der Waals surface area (Å²) in [5, 5.41) is 14.9. The van der Waals surface area contributed by atoms with Crippen molar-refractivity contribution >= 4 is 11.7 Å². The number of aliphatic hydroxyl groups is 1. The number of aliphatic hydroxyl groups excluding tert-OH is 1. The monoisotopic (exact) mass is 336 g/mol. The third-order valence-corrected chi connectivity index (χ3v) is 3.35. The molecule has 3 N–H and O–H groups in total. The summed E-state index contributed by atoms with van der Waals surface area (Å²) in [6.07, 6.45) is -1.49. The third-order valence-electron chi connectivity index (χ3n) is 3.35. The van der Waals surface area contributed by atoms with E-state index in [4.69, 9.17) is 4.74 Å². The van der Waals surface area contributed by atoms with Gasteiger partial charge >= 0.3 is 6.03 Å². The van der Waals surface area contributed by atoms with Gasteiger partial charge in [-0.2, -0.15) is 0 Å². The zero-order chi connectivity index (χ0) is 17.5. The molecule has 7 heteroatoms. The van der Waals surface area contributed by atoms with Crippen molar-refractivity contribution in [3.8, 4) is 0 Å². The van der Waals surface area contributed by atoms with E-state index in [9.17, 15) is 18.7 Å². The summed E-state index contributed by atoms with van der Waals surface area (Å²) < 4.78 is 32.2. The highest BCUT2D eigenvalue weighted by Gasteiger charge is 2.18. The number of hydrogen-bond donors (Lipinski definition) is 3. The van der Waals surface area contributed by atoms with Crippen molar-refractivity contribution in [2.75, 3.05) is 19.0 Å². The maximum atomic E-state index is 13.6. The van der Waals surface area contributed by atoms with Gasteiger partial charge in [-0.05, 0) is 18.2 Å². The van der Waals surface area contributed by atoms with E-state index in [2.05, 4.69) is 10.6 Å². The number of ether oxygens (including phenoxy) is 1. The lowest BCUT2D eigenvalue weighted by Gasteiger charge is -2.15. The van der Waals surface area contributed by atoms with Gasteiger partial charge in [0.2, 0.25) is 0 Å². The first kappa shape index (κ1) is 17.8. The van der Waals surface area contributed by atoms with Crippen LogP contribution in [0.4, 0.5) is 19.3 Å². The van der Waals surface area contributed by atoms with Crippen molar-refractivity contribution in [1.29, 1.82) is 0 Å². The summed E-state index contributed by atoms with van der Waals surface area (Å²) in [5.41, 5.74) is 0.844. The Kier molecular flexibility index (Phi) is 6.22. The molecule has 2 rings (SSSR count). The average molecular weight is 336 g/mol. The van der Waals surface area contributed by atoms with Crippen LogP contribution in [0.5, 0.6) is 0 Å². The molecule has 0 bridgehead atoms. The molecule has 2 aromatic rings. The van der Waals surface area contributed by atoms with Crippen molar-refractivity contribution in [1.82, 2.24) is 5.32 Å². The fourth-order valence-electron chi connectivity index (χ4n) is 2.21. The first-order valence-electron chi connectivity index (χ1n) is 7.26. The molecule has 2 amide bonds. The van der Waals surface area contributed by atoms with Crippen molar-refractivity contribution in [2.24, 2.45) is 0 Å². The van der Waals surface area contributed by atoms with Gasteiger partial charge < -0.3 is 20.5 Å². The van der Waals surface area contributed by atoms with Gasteiger partial charge in [-0.25, -0.2) is 13.6 Å². The summed E-state index contributed by atoms with van der Waals surface area (Å²) in [6.45, 7) is -0.0182. The number of urea groups is 1. The highest BCUT2D eigenvalue weighted by molar-refractivity contribution is 5.90. The molecule has 0 saturated carbocycles. The maximum Gasteiger partial charge on any atom is 0.319 e. The smallest absolute Gasteiger partial charge is 0.319 e. The Bertz CT molecular complexity index is 690. The third kappa shape index (κ3) is 4.50. The van der Waals surface area contributed by atoms with E-state index >= 15 is 0 Å². The molecular formula is C17H18F2N2O3. The number of para-hydroxylation sites is 1. The molecule has 0 aliphatic heterocycles. The number of hydrogen-bond acceptors (Lipinski definition) is 3. The Balaban J connectivity index is 1.96. The quantitative estimate of drug-likeness (QED) is 0.759. The summed E-state index contributed by atoms with van der Waals surface area (Å²) in [7, 11) is 1.54. The number of halogens is 2. The number of carbonyl (C=O) groups is 1. The zero-order valence-electron chi connectivity index (χ0n) is 13.1. The number of amides is 2. The molecule has 0 aliphatic rings. The standard InChI is InChI=1S/C17H18F2N2O3/c1-24-10-11-5-2-3-8-14(11)21-17(23)20-9-15(22)16-12(18)6-4-7-13(16)19/h2-8,15,22H,9-10H2,1H3,(H2,20,21,23). The van der Waals surface area contributed by atoms with Crippen LogP contribution in [0.2, 0.25) is 0 Å². The Morgan fingerprint density at radius 3 is 2.50 bits per heavy atom. The van der Waals surface area contributed by atoms with E-state index in [1.165, 1.54) is 13.2 Å². The normalized spacial score (nSPS) is 11.8. The average Bonchev–Trinajstić information content (AvgIpc) is 2.55. The molecule has 5 nitrogen and oxygen atoms in total. The van der Waals surface area contributed by atoms with Crippen LogP contribution in [0.15, 0.2) is 42.5 Å². The Labute approximate surface area is 138 Å². The second kappa shape index (κ2) is 8.37. The maximum absolute atomic E-state index is 13.6. The minimum atomic E-state index is -1.49. The lowest BCUT2D eigenvalue weighted by molar-refractivity contribution is 0.166. The fraction of sp³-hybridized carbons (Fsp3) is 0.235. The van der Waals surface area contributed by atoms with Gasteiger partial charge in [0.05, 0.1) is 12.2 Å². The number of carbonyl (C=O) groups excluding carboxylic acids is 1. The highest BCUT2D eigenvalue weighted by atomic mass is 19.1. The molecular weight excluding hydrogens is 318 g/mol. The fourth-order valence-corrected chi connectivity index (χ4v) is 2.21. The molecule has 0 fully saturated rings. The molecule has 2 aromatic carbocycles. The predicted octanol–water partition coefficient (Wildman–Crippen LogP) is 2.97. The molecule has 0 spiro atoms. The van der Waals surface area contributed by atoms with Crippen LogP contribution < -0.4 is 10.6 Å². The van der Waals surface area contributed by atoms with E-state index in [1.54, 1.807) is 18.2 Å². The van der Waals surface area contributed by atoms with Gasteiger partial charge in [-0.3, -0.25) is 0 Å². The van der Waals surface area contributed by atoms with E-state index in [1.807, 2.05) is 6.07 Å². The molecule has 1 atom stereocenters. The summed E-state index contributed by atoms with van der Waals surface area (Å²) >= 11 is 0. The summed E-state index contributed by atoms with van der Waals surface area (Å²) in [6, 6.07) is 9.73. The van der Waals surface area contributed by atoms with Crippen LogP contribution in [-0.2, 0) is 11.3 Å². The summed E-state index contributed by atoms with van der Waals surface area (Å²) in [5.74, 6) is -1.73. The van der Waals surface area contributed by atoms with Gasteiger partial charge in [0.25, 0.3) is 0 Å². The zero-order valence-corrected chi connectivity index (χ0v) is 13.1. The largest absolute Gasteiger partial charge is 0.386 e. The number of methoxy groups -OCH3 is 1. The van der Waals surface area contributed by atoms with Crippen LogP contribution in [0.25, 0.3) is 0 Å². The Morgan fingerprint density at radius 1 is 1.17 bits per heavy atom. The van der Waals surface area contributed by atoms with E-state index in [-0.39, 0.29) is 6.54 Å². The lowest BCUT2D eigenvalue weighted by Crippen LogP contribution is -2.33. The SMILES string of the molecule is COCc1ccccc1NC(=O)NCC(O)c1c(F)cccc1F. The van der Waals surface area contributed by atoms with Gasteiger partial charge in [-0.1, -0.05) is 24.3 Å². The van der Waals surface area contributed by atoms with E-state index < -0.39 is 29.3 Å². The molecule has 1 unspecified atom stereocenters. The van der Waals surface area contributed by atoms with Gasteiger partial charge in [-0.15, -0.1) is 0 Å². The van der Waals surface area contributed by atoms with Crippen LogP contribution >= 0.6 is 0 Å². The number of anilines is 1. The van der Waals surface area contributed by atoms with Gasteiger partial charge in [0.1, 0.15) is 17.7 Å². The Morgan fingerprint density at radius 2 is 1.83 bits per heavy atom. The minimum Gasteiger partial charge on any atom is -0.386 e. The topological polar surface area (TPSA) is 70.6 Å². The van der Waals surface area contributed by atoms with Gasteiger partial charge in [0, 0.05) is 24.9 Å². The Hall–Kier alpha value is -2.51. The second-order valence-electron chi connectivity index (χ2n) is 5.08. The van der Waals surface area contributed by atoms with Gasteiger partial charge in [0.15, 0.2) is 0 Å². The second-order valence-corrected chi connectivity index (χ2v) is 5.08. The molecule has 0 radical (unpaired) electrons.